The Bertz CT molecular complexity index is 626. The van der Waals surface area contributed by atoms with Crippen LogP contribution in [0.4, 0.5) is 10.1 Å². The quantitative estimate of drug-likeness (QED) is 0.517. The summed E-state index contributed by atoms with van der Waals surface area (Å²) in [5.74, 6) is 0.491. The van der Waals surface area contributed by atoms with Crippen molar-refractivity contribution >= 4 is 29.2 Å². The van der Waals surface area contributed by atoms with Crippen LogP contribution in [0.1, 0.15) is 5.56 Å². The summed E-state index contributed by atoms with van der Waals surface area (Å²) in [7, 11) is 1.61. The van der Waals surface area contributed by atoms with Crippen LogP contribution in [-0.2, 0) is 0 Å². The van der Waals surface area contributed by atoms with Gasteiger partial charge in [-0.1, -0.05) is 12.1 Å². The molecule has 0 radical (unpaired) electrons. The first-order chi connectivity index (χ1) is 10.2. The minimum absolute atomic E-state index is 0.281. The van der Waals surface area contributed by atoms with Gasteiger partial charge in [-0.3, -0.25) is 5.43 Å². The highest BCUT2D eigenvalue weighted by Gasteiger charge is 1.97. The van der Waals surface area contributed by atoms with E-state index < -0.39 is 0 Å². The topological polar surface area (TPSA) is 45.6 Å². The number of hydrogen-bond acceptors (Lipinski definition) is 3. The number of halogens is 1. The number of hydrogen-bond donors (Lipinski definition) is 2. The Hall–Kier alpha value is -2.47. The lowest BCUT2D eigenvalue weighted by atomic mass is 10.2. The second-order valence-corrected chi connectivity index (χ2v) is 4.51. The van der Waals surface area contributed by atoms with Gasteiger partial charge in [-0.15, -0.1) is 0 Å². The largest absolute Gasteiger partial charge is 0.497 e. The number of hydrazone groups is 1. The molecule has 0 bridgehead atoms. The van der Waals surface area contributed by atoms with Gasteiger partial charge in [0.05, 0.1) is 13.3 Å². The summed E-state index contributed by atoms with van der Waals surface area (Å²) in [6.07, 6.45) is 1.56. The van der Waals surface area contributed by atoms with E-state index in [1.807, 2.05) is 24.3 Å². The van der Waals surface area contributed by atoms with E-state index in [1.54, 1.807) is 25.5 Å². The first kappa shape index (κ1) is 14.9. The monoisotopic (exact) mass is 303 g/mol. The molecule has 0 heterocycles. The molecule has 21 heavy (non-hydrogen) atoms. The van der Waals surface area contributed by atoms with Crippen molar-refractivity contribution in [2.24, 2.45) is 5.10 Å². The van der Waals surface area contributed by atoms with E-state index in [0.717, 1.165) is 17.0 Å². The van der Waals surface area contributed by atoms with E-state index in [1.165, 1.54) is 12.1 Å². The fraction of sp³-hybridized carbons (Fsp3) is 0.0667. The van der Waals surface area contributed by atoms with Crippen LogP contribution in [0.15, 0.2) is 53.6 Å². The second-order valence-electron chi connectivity index (χ2n) is 4.10. The molecule has 0 saturated carbocycles. The fourth-order valence-electron chi connectivity index (χ4n) is 1.55. The predicted octanol–water partition coefficient (Wildman–Crippen LogP) is 3.15. The van der Waals surface area contributed by atoms with Crippen LogP contribution >= 0.6 is 12.2 Å². The molecule has 0 spiro atoms. The molecule has 2 aromatic rings. The van der Waals surface area contributed by atoms with Gasteiger partial charge in [-0.05, 0) is 54.2 Å². The zero-order valence-electron chi connectivity index (χ0n) is 11.3. The first-order valence-corrected chi connectivity index (χ1v) is 6.58. The zero-order valence-corrected chi connectivity index (χ0v) is 12.2. The van der Waals surface area contributed by atoms with Gasteiger partial charge in [0, 0.05) is 5.69 Å². The van der Waals surface area contributed by atoms with Crippen molar-refractivity contribution in [3.63, 3.8) is 0 Å². The molecule has 2 rings (SSSR count). The summed E-state index contributed by atoms with van der Waals surface area (Å²) in [5.41, 5.74) is 4.29. The summed E-state index contributed by atoms with van der Waals surface area (Å²) in [6, 6.07) is 13.3. The molecule has 0 aliphatic carbocycles. The lowest BCUT2D eigenvalue weighted by Gasteiger charge is -2.07. The molecule has 0 aliphatic heterocycles. The second kappa shape index (κ2) is 7.35. The third kappa shape index (κ3) is 4.85. The molecule has 0 saturated heterocycles. The molecule has 0 amide bonds. The summed E-state index contributed by atoms with van der Waals surface area (Å²) < 4.78 is 17.8. The number of benzene rings is 2. The molecule has 2 aromatic carbocycles. The Balaban J connectivity index is 1.85. The molecule has 0 fully saturated rings. The first-order valence-electron chi connectivity index (χ1n) is 6.17. The van der Waals surface area contributed by atoms with Crippen molar-refractivity contribution < 1.29 is 9.13 Å². The van der Waals surface area contributed by atoms with Gasteiger partial charge in [0.1, 0.15) is 11.6 Å². The minimum Gasteiger partial charge on any atom is -0.497 e. The highest BCUT2D eigenvalue weighted by Crippen LogP contribution is 2.14. The SMILES string of the molecule is COc1ccc(NC(=S)N/N=C\c2ccc(F)cc2)cc1. The van der Waals surface area contributed by atoms with Gasteiger partial charge in [-0.25, -0.2) is 4.39 Å². The smallest absolute Gasteiger partial charge is 0.191 e. The fourth-order valence-corrected chi connectivity index (χ4v) is 1.72. The van der Waals surface area contributed by atoms with E-state index in [0.29, 0.717) is 5.11 Å². The van der Waals surface area contributed by atoms with Crippen LogP contribution in [0, 0.1) is 5.82 Å². The minimum atomic E-state index is -0.281. The Morgan fingerprint density at radius 2 is 1.81 bits per heavy atom. The van der Waals surface area contributed by atoms with E-state index in [2.05, 4.69) is 15.8 Å². The van der Waals surface area contributed by atoms with E-state index in [4.69, 9.17) is 17.0 Å². The number of ether oxygens (including phenoxy) is 1. The number of nitrogens with one attached hydrogen (secondary N) is 2. The third-order valence-corrected chi connectivity index (χ3v) is 2.79. The third-order valence-electron chi connectivity index (χ3n) is 2.60. The maximum absolute atomic E-state index is 12.7. The molecule has 2 N–H and O–H groups in total. The standard InChI is InChI=1S/C15H14FN3OS/c1-20-14-8-6-13(7-9-14)18-15(21)19-17-10-11-2-4-12(16)5-3-11/h2-10H,1H3,(H2,18,19,21)/b17-10-. The molecule has 6 heteroatoms. The molecular weight excluding hydrogens is 289 g/mol. The number of anilines is 1. The Labute approximate surface area is 127 Å². The number of rotatable bonds is 4. The van der Waals surface area contributed by atoms with Crippen molar-refractivity contribution in [3.8, 4) is 5.75 Å². The molecule has 0 aliphatic rings. The Kier molecular flexibility index (Phi) is 5.22. The van der Waals surface area contributed by atoms with Crippen molar-refractivity contribution in [2.45, 2.75) is 0 Å². The maximum atomic E-state index is 12.7. The molecule has 0 unspecified atom stereocenters. The van der Waals surface area contributed by atoms with Gasteiger partial charge in [0.15, 0.2) is 5.11 Å². The lowest BCUT2D eigenvalue weighted by Crippen LogP contribution is -2.23. The van der Waals surface area contributed by atoms with Crippen LogP contribution in [0.2, 0.25) is 0 Å². The maximum Gasteiger partial charge on any atom is 0.191 e. The van der Waals surface area contributed by atoms with E-state index >= 15 is 0 Å². The Morgan fingerprint density at radius 1 is 1.14 bits per heavy atom. The average molecular weight is 303 g/mol. The summed E-state index contributed by atoms with van der Waals surface area (Å²) in [5, 5.41) is 7.31. The van der Waals surface area contributed by atoms with Crippen LogP contribution in [0.3, 0.4) is 0 Å². The van der Waals surface area contributed by atoms with Gasteiger partial charge in [0.25, 0.3) is 0 Å². The number of nitrogens with zero attached hydrogens (tertiary/aromatic N) is 1. The van der Waals surface area contributed by atoms with Crippen molar-refractivity contribution in [1.29, 1.82) is 0 Å². The van der Waals surface area contributed by atoms with E-state index in [9.17, 15) is 4.39 Å². The highest BCUT2D eigenvalue weighted by atomic mass is 32.1. The van der Waals surface area contributed by atoms with Gasteiger partial charge < -0.3 is 10.1 Å². The summed E-state index contributed by atoms with van der Waals surface area (Å²) in [4.78, 5) is 0. The van der Waals surface area contributed by atoms with Gasteiger partial charge >= 0.3 is 0 Å². The van der Waals surface area contributed by atoms with E-state index in [-0.39, 0.29) is 5.82 Å². The summed E-state index contributed by atoms with van der Waals surface area (Å²) >= 11 is 5.11. The number of thiocarbonyl (C=S) groups is 1. The molecule has 4 nitrogen and oxygen atoms in total. The van der Waals surface area contributed by atoms with Crippen LogP contribution in [0.5, 0.6) is 5.75 Å². The molecule has 0 aromatic heterocycles. The highest BCUT2D eigenvalue weighted by molar-refractivity contribution is 7.80. The van der Waals surface area contributed by atoms with Gasteiger partial charge in [-0.2, -0.15) is 5.10 Å². The van der Waals surface area contributed by atoms with Gasteiger partial charge in [0.2, 0.25) is 0 Å². The van der Waals surface area contributed by atoms with Crippen molar-refractivity contribution in [1.82, 2.24) is 5.43 Å². The van der Waals surface area contributed by atoms with Crippen LogP contribution < -0.4 is 15.5 Å². The molecular formula is C15H14FN3OS. The van der Waals surface area contributed by atoms with Crippen molar-refractivity contribution in [3.05, 3.63) is 59.9 Å². The van der Waals surface area contributed by atoms with Crippen LogP contribution in [-0.4, -0.2) is 18.4 Å². The lowest BCUT2D eigenvalue weighted by molar-refractivity contribution is 0.415. The Morgan fingerprint density at radius 3 is 2.43 bits per heavy atom. The average Bonchev–Trinajstić information content (AvgIpc) is 2.50. The number of methoxy groups -OCH3 is 1. The van der Waals surface area contributed by atoms with Crippen molar-refractivity contribution in [2.75, 3.05) is 12.4 Å². The normalized spacial score (nSPS) is 10.4. The van der Waals surface area contributed by atoms with Crippen LogP contribution in [0.25, 0.3) is 0 Å². The molecule has 108 valence electrons. The predicted molar refractivity (Wildman–Crippen MR) is 86.3 cm³/mol. The molecule has 0 atom stereocenters. The summed E-state index contributed by atoms with van der Waals surface area (Å²) in [6.45, 7) is 0. The zero-order chi connectivity index (χ0) is 15.1.